The van der Waals surface area contributed by atoms with Crippen LogP contribution in [0.25, 0.3) is 0 Å². The fourth-order valence-electron chi connectivity index (χ4n) is 2.96. The lowest BCUT2D eigenvalue weighted by atomic mass is 10.2. The van der Waals surface area contributed by atoms with Gasteiger partial charge in [0.2, 0.25) is 11.8 Å². The molecule has 1 atom stereocenters. The first-order chi connectivity index (χ1) is 12.2. The molecule has 132 valence electrons. The van der Waals surface area contributed by atoms with E-state index < -0.39 is 0 Å². The highest BCUT2D eigenvalue weighted by Crippen LogP contribution is 2.22. The van der Waals surface area contributed by atoms with Crippen LogP contribution in [-0.2, 0) is 11.3 Å². The minimum absolute atomic E-state index is 0.00383. The highest BCUT2D eigenvalue weighted by atomic mass is 16.5. The summed E-state index contributed by atoms with van der Waals surface area (Å²) in [6.07, 6.45) is 1.83. The number of rotatable bonds is 6. The summed E-state index contributed by atoms with van der Waals surface area (Å²) in [7, 11) is 3.18. The number of amides is 1. The second-order valence-electron chi connectivity index (χ2n) is 5.91. The summed E-state index contributed by atoms with van der Waals surface area (Å²) in [6.45, 7) is 1.46. The smallest absolute Gasteiger partial charge is 0.241 e. The Balaban J connectivity index is 1.62. The first-order valence-corrected chi connectivity index (χ1v) is 8.25. The van der Waals surface area contributed by atoms with Crippen LogP contribution >= 0.6 is 0 Å². The zero-order valence-electron chi connectivity index (χ0n) is 14.4. The largest absolute Gasteiger partial charge is 0.497 e. The Morgan fingerprint density at radius 1 is 1.16 bits per heavy atom. The summed E-state index contributed by atoms with van der Waals surface area (Å²) in [5.41, 5.74) is 1.59. The molecule has 25 heavy (non-hydrogen) atoms. The van der Waals surface area contributed by atoms with Crippen molar-refractivity contribution in [3.63, 3.8) is 0 Å². The van der Waals surface area contributed by atoms with Crippen molar-refractivity contribution < 1.29 is 14.3 Å². The second kappa shape index (κ2) is 7.94. The van der Waals surface area contributed by atoms with E-state index in [9.17, 15) is 4.79 Å². The summed E-state index contributed by atoms with van der Waals surface area (Å²) in [6, 6.07) is 10.8. The molecule has 0 radical (unpaired) electrons. The van der Waals surface area contributed by atoms with Crippen LogP contribution in [0, 0.1) is 0 Å². The number of aromatic nitrogens is 2. The molecule has 2 aromatic rings. The average Bonchev–Trinajstić information content (AvgIpc) is 3.11. The van der Waals surface area contributed by atoms with Crippen LogP contribution in [0.15, 0.2) is 36.4 Å². The van der Waals surface area contributed by atoms with E-state index in [1.807, 2.05) is 30.3 Å². The van der Waals surface area contributed by atoms with Crippen LogP contribution in [0.1, 0.15) is 18.5 Å². The topological polar surface area (TPSA) is 76.6 Å². The molecule has 1 aromatic carbocycles. The molecule has 1 aromatic heterocycles. The zero-order chi connectivity index (χ0) is 17.6. The van der Waals surface area contributed by atoms with Crippen LogP contribution < -0.4 is 14.8 Å². The van der Waals surface area contributed by atoms with E-state index in [4.69, 9.17) is 9.47 Å². The Labute approximate surface area is 147 Å². The van der Waals surface area contributed by atoms with Crippen molar-refractivity contribution in [2.45, 2.75) is 25.4 Å². The van der Waals surface area contributed by atoms with Crippen molar-refractivity contribution in [1.29, 1.82) is 0 Å². The van der Waals surface area contributed by atoms with Gasteiger partial charge in [0.1, 0.15) is 5.75 Å². The van der Waals surface area contributed by atoms with E-state index in [0.29, 0.717) is 12.4 Å². The number of nitrogens with zero attached hydrogens (tertiary/aromatic N) is 3. The van der Waals surface area contributed by atoms with Gasteiger partial charge in [0.05, 0.1) is 26.0 Å². The van der Waals surface area contributed by atoms with Gasteiger partial charge in [-0.3, -0.25) is 9.69 Å². The standard InChI is InChI=1S/C18H22N4O3/c1-24-15-8-5-13(6-9-15)19-18(23)16-4-3-11-22(16)12-14-7-10-17(25-2)21-20-14/h5-10,16H,3-4,11-12H2,1-2H3,(H,19,23)/t16-/m0/s1. The normalized spacial score (nSPS) is 17.3. The van der Waals surface area contributed by atoms with Crippen molar-refractivity contribution in [2.75, 3.05) is 26.1 Å². The number of ether oxygens (including phenoxy) is 2. The quantitative estimate of drug-likeness (QED) is 0.866. The fourth-order valence-corrected chi connectivity index (χ4v) is 2.96. The number of hydrogen-bond donors (Lipinski definition) is 1. The second-order valence-corrected chi connectivity index (χ2v) is 5.91. The molecule has 0 saturated carbocycles. The van der Waals surface area contributed by atoms with Crippen molar-refractivity contribution in [1.82, 2.24) is 15.1 Å². The van der Waals surface area contributed by atoms with E-state index in [0.717, 1.165) is 36.5 Å². The maximum atomic E-state index is 12.6. The molecule has 1 aliphatic heterocycles. The van der Waals surface area contributed by atoms with Gasteiger partial charge in [0, 0.05) is 18.3 Å². The molecule has 0 spiro atoms. The Morgan fingerprint density at radius 3 is 2.60 bits per heavy atom. The minimum Gasteiger partial charge on any atom is -0.497 e. The van der Waals surface area contributed by atoms with Crippen LogP contribution in [0.5, 0.6) is 11.6 Å². The zero-order valence-corrected chi connectivity index (χ0v) is 14.4. The van der Waals surface area contributed by atoms with E-state index in [2.05, 4.69) is 20.4 Å². The SMILES string of the molecule is COc1ccc(NC(=O)[C@@H]2CCCN2Cc2ccc(OC)nn2)cc1. The monoisotopic (exact) mass is 342 g/mol. The van der Waals surface area contributed by atoms with Crippen molar-refractivity contribution >= 4 is 11.6 Å². The number of nitrogens with one attached hydrogen (secondary N) is 1. The molecule has 3 rings (SSSR count). The first kappa shape index (κ1) is 17.2. The van der Waals surface area contributed by atoms with Gasteiger partial charge in [-0.1, -0.05) is 0 Å². The highest BCUT2D eigenvalue weighted by Gasteiger charge is 2.31. The Bertz CT molecular complexity index is 703. The van der Waals surface area contributed by atoms with Crippen molar-refractivity contribution in [3.8, 4) is 11.6 Å². The molecular formula is C18H22N4O3. The van der Waals surface area contributed by atoms with E-state index >= 15 is 0 Å². The predicted octanol–water partition coefficient (Wildman–Crippen LogP) is 2.10. The van der Waals surface area contributed by atoms with Gasteiger partial charge in [-0.15, -0.1) is 5.10 Å². The summed E-state index contributed by atoms with van der Waals surface area (Å²) in [5, 5.41) is 11.1. The first-order valence-electron chi connectivity index (χ1n) is 8.25. The molecule has 0 aliphatic carbocycles. The maximum absolute atomic E-state index is 12.6. The van der Waals surface area contributed by atoms with Gasteiger partial charge in [-0.2, -0.15) is 5.10 Å². The van der Waals surface area contributed by atoms with Gasteiger partial charge < -0.3 is 14.8 Å². The fraction of sp³-hybridized carbons (Fsp3) is 0.389. The third-order valence-corrected chi connectivity index (χ3v) is 4.29. The van der Waals surface area contributed by atoms with Gasteiger partial charge in [0.15, 0.2) is 0 Å². The van der Waals surface area contributed by atoms with Gasteiger partial charge in [-0.25, -0.2) is 0 Å². The lowest BCUT2D eigenvalue weighted by Crippen LogP contribution is -2.39. The Hall–Kier alpha value is -2.67. The number of methoxy groups -OCH3 is 2. The molecular weight excluding hydrogens is 320 g/mol. The van der Waals surface area contributed by atoms with Crippen LogP contribution in [-0.4, -0.2) is 47.8 Å². The predicted molar refractivity (Wildman–Crippen MR) is 93.6 cm³/mol. The van der Waals surface area contributed by atoms with E-state index in [1.54, 1.807) is 20.3 Å². The number of likely N-dealkylation sites (tertiary alicyclic amines) is 1. The number of benzene rings is 1. The molecule has 1 saturated heterocycles. The number of hydrogen-bond acceptors (Lipinski definition) is 6. The molecule has 1 fully saturated rings. The van der Waals surface area contributed by atoms with Crippen molar-refractivity contribution in [2.24, 2.45) is 0 Å². The molecule has 1 amide bonds. The van der Waals surface area contributed by atoms with E-state index in [-0.39, 0.29) is 11.9 Å². The van der Waals surface area contributed by atoms with Crippen molar-refractivity contribution in [3.05, 3.63) is 42.1 Å². The Morgan fingerprint density at radius 2 is 1.96 bits per heavy atom. The number of carbonyl (C=O) groups excluding carboxylic acids is 1. The number of anilines is 1. The lowest BCUT2D eigenvalue weighted by molar-refractivity contribution is -0.120. The third-order valence-electron chi connectivity index (χ3n) is 4.29. The van der Waals surface area contributed by atoms with Crippen LogP contribution in [0.4, 0.5) is 5.69 Å². The summed E-state index contributed by atoms with van der Waals surface area (Å²) >= 11 is 0. The highest BCUT2D eigenvalue weighted by molar-refractivity contribution is 5.95. The summed E-state index contributed by atoms with van der Waals surface area (Å²) in [5.74, 6) is 1.25. The molecule has 1 aliphatic rings. The minimum atomic E-state index is -0.161. The molecule has 0 bridgehead atoms. The van der Waals surface area contributed by atoms with Gasteiger partial charge in [0.25, 0.3) is 0 Å². The molecule has 7 nitrogen and oxygen atoms in total. The third kappa shape index (κ3) is 4.24. The molecule has 0 unspecified atom stereocenters. The van der Waals surface area contributed by atoms with E-state index in [1.165, 1.54) is 0 Å². The average molecular weight is 342 g/mol. The molecule has 2 heterocycles. The van der Waals surface area contributed by atoms with Crippen LogP contribution in [0.2, 0.25) is 0 Å². The Kier molecular flexibility index (Phi) is 5.45. The number of carbonyl (C=O) groups is 1. The maximum Gasteiger partial charge on any atom is 0.241 e. The summed E-state index contributed by atoms with van der Waals surface area (Å²) in [4.78, 5) is 14.8. The lowest BCUT2D eigenvalue weighted by Gasteiger charge is -2.23. The molecule has 7 heteroatoms. The summed E-state index contributed by atoms with van der Waals surface area (Å²) < 4.78 is 10.2. The van der Waals surface area contributed by atoms with Gasteiger partial charge in [-0.05, 0) is 49.7 Å². The van der Waals surface area contributed by atoms with Crippen LogP contribution in [0.3, 0.4) is 0 Å². The molecule has 1 N–H and O–H groups in total. The van der Waals surface area contributed by atoms with Gasteiger partial charge >= 0.3 is 0 Å².